The van der Waals surface area contributed by atoms with Gasteiger partial charge in [0.05, 0.1) is 7.11 Å². The SMILES string of the molecule is COc1ccccc1OCC(=O)N1CCC(c2nc(C)c3c(n2)N(C)C(=O)CC3)CC1. The number of anilines is 1. The van der Waals surface area contributed by atoms with Crippen molar-refractivity contribution in [3.8, 4) is 11.5 Å². The molecule has 2 aliphatic rings. The predicted molar refractivity (Wildman–Crippen MR) is 116 cm³/mol. The molecular weight excluding hydrogens is 396 g/mol. The van der Waals surface area contributed by atoms with Crippen molar-refractivity contribution in [2.24, 2.45) is 0 Å². The molecule has 31 heavy (non-hydrogen) atoms. The number of para-hydroxylation sites is 2. The molecule has 8 nitrogen and oxygen atoms in total. The van der Waals surface area contributed by atoms with Crippen molar-refractivity contribution >= 4 is 17.6 Å². The van der Waals surface area contributed by atoms with Gasteiger partial charge in [-0.15, -0.1) is 0 Å². The molecule has 2 aliphatic heterocycles. The lowest BCUT2D eigenvalue weighted by molar-refractivity contribution is -0.134. The summed E-state index contributed by atoms with van der Waals surface area (Å²) in [6, 6.07) is 7.29. The maximum Gasteiger partial charge on any atom is 0.260 e. The summed E-state index contributed by atoms with van der Waals surface area (Å²) in [7, 11) is 3.35. The molecule has 164 valence electrons. The lowest BCUT2D eigenvalue weighted by atomic mass is 9.95. The quantitative estimate of drug-likeness (QED) is 0.733. The van der Waals surface area contributed by atoms with Crippen LogP contribution in [-0.4, -0.2) is 60.5 Å². The maximum atomic E-state index is 12.6. The number of likely N-dealkylation sites (tertiary alicyclic amines) is 1. The van der Waals surface area contributed by atoms with Crippen LogP contribution in [0.5, 0.6) is 11.5 Å². The number of piperidine rings is 1. The molecule has 2 aromatic rings. The first-order valence-corrected chi connectivity index (χ1v) is 10.7. The molecule has 8 heteroatoms. The molecule has 0 bridgehead atoms. The molecule has 2 amide bonds. The van der Waals surface area contributed by atoms with Gasteiger partial charge in [0, 0.05) is 43.7 Å². The molecular formula is C23H28N4O4. The van der Waals surface area contributed by atoms with Crippen LogP contribution in [0, 0.1) is 6.92 Å². The van der Waals surface area contributed by atoms with Crippen molar-refractivity contribution in [3.63, 3.8) is 0 Å². The number of nitrogens with zero attached hydrogens (tertiary/aromatic N) is 4. The van der Waals surface area contributed by atoms with Gasteiger partial charge in [-0.2, -0.15) is 0 Å². The van der Waals surface area contributed by atoms with E-state index in [0.29, 0.717) is 37.4 Å². The van der Waals surface area contributed by atoms with Crippen LogP contribution in [0.4, 0.5) is 5.82 Å². The number of hydrogen-bond donors (Lipinski definition) is 0. The first kappa shape index (κ1) is 21.1. The number of amides is 2. The number of aryl methyl sites for hydroxylation is 1. The number of carbonyl (C=O) groups excluding carboxylic acids is 2. The molecule has 1 fully saturated rings. The number of methoxy groups -OCH3 is 1. The molecule has 0 radical (unpaired) electrons. The Morgan fingerprint density at radius 2 is 1.84 bits per heavy atom. The molecule has 0 unspecified atom stereocenters. The predicted octanol–water partition coefficient (Wildman–Crippen LogP) is 2.49. The van der Waals surface area contributed by atoms with Gasteiger partial charge in [-0.3, -0.25) is 14.5 Å². The lowest BCUT2D eigenvalue weighted by Gasteiger charge is -2.32. The van der Waals surface area contributed by atoms with Crippen LogP contribution in [0.25, 0.3) is 0 Å². The smallest absolute Gasteiger partial charge is 0.260 e. The minimum absolute atomic E-state index is 0.0214. The van der Waals surface area contributed by atoms with Crippen LogP contribution < -0.4 is 14.4 Å². The number of benzene rings is 1. The second kappa shape index (κ2) is 8.91. The van der Waals surface area contributed by atoms with E-state index in [1.54, 1.807) is 31.2 Å². The Morgan fingerprint density at radius 1 is 1.13 bits per heavy atom. The van der Waals surface area contributed by atoms with Crippen molar-refractivity contribution in [3.05, 3.63) is 41.3 Å². The molecule has 0 atom stereocenters. The van der Waals surface area contributed by atoms with Crippen LogP contribution in [0.15, 0.2) is 24.3 Å². The Balaban J connectivity index is 1.37. The maximum absolute atomic E-state index is 12.6. The summed E-state index contributed by atoms with van der Waals surface area (Å²) in [6.07, 6.45) is 2.78. The monoisotopic (exact) mass is 424 g/mol. The average molecular weight is 425 g/mol. The Labute approximate surface area is 182 Å². The number of ether oxygens (including phenoxy) is 2. The van der Waals surface area contributed by atoms with E-state index >= 15 is 0 Å². The van der Waals surface area contributed by atoms with E-state index in [-0.39, 0.29) is 24.3 Å². The summed E-state index contributed by atoms with van der Waals surface area (Å²) in [4.78, 5) is 37.7. The summed E-state index contributed by atoms with van der Waals surface area (Å²) < 4.78 is 10.9. The zero-order valence-electron chi connectivity index (χ0n) is 18.3. The van der Waals surface area contributed by atoms with E-state index in [1.165, 1.54) is 0 Å². The largest absolute Gasteiger partial charge is 0.493 e. The van der Waals surface area contributed by atoms with Gasteiger partial charge in [0.15, 0.2) is 18.1 Å². The number of rotatable bonds is 5. The van der Waals surface area contributed by atoms with Crippen LogP contribution >= 0.6 is 0 Å². The summed E-state index contributed by atoms with van der Waals surface area (Å²) in [5, 5.41) is 0. The first-order chi connectivity index (χ1) is 15.0. The van der Waals surface area contributed by atoms with Crippen LogP contribution in [0.1, 0.15) is 42.3 Å². The van der Waals surface area contributed by atoms with Crippen LogP contribution in [0.3, 0.4) is 0 Å². The number of aromatic nitrogens is 2. The van der Waals surface area contributed by atoms with E-state index in [9.17, 15) is 9.59 Å². The highest BCUT2D eigenvalue weighted by atomic mass is 16.5. The molecule has 1 aromatic carbocycles. The Hall–Kier alpha value is -3.16. The van der Waals surface area contributed by atoms with Crippen LogP contribution in [0.2, 0.25) is 0 Å². The fourth-order valence-corrected chi connectivity index (χ4v) is 4.23. The van der Waals surface area contributed by atoms with Gasteiger partial charge in [0.1, 0.15) is 11.6 Å². The standard InChI is InChI=1S/C23H28N4O4/c1-15-17-8-9-20(28)26(2)23(17)25-22(24-15)16-10-12-27(13-11-16)21(29)14-31-19-7-5-4-6-18(19)30-3/h4-7,16H,8-14H2,1-3H3. The third-order valence-corrected chi connectivity index (χ3v) is 6.12. The second-order valence-corrected chi connectivity index (χ2v) is 8.02. The Kier molecular flexibility index (Phi) is 6.06. The van der Waals surface area contributed by atoms with Crippen molar-refractivity contribution in [2.45, 2.75) is 38.5 Å². The molecule has 0 N–H and O–H groups in total. The molecule has 0 saturated carbocycles. The van der Waals surface area contributed by atoms with E-state index in [0.717, 1.165) is 35.7 Å². The molecule has 3 heterocycles. The van der Waals surface area contributed by atoms with Gasteiger partial charge in [-0.25, -0.2) is 9.97 Å². The second-order valence-electron chi connectivity index (χ2n) is 8.02. The van der Waals surface area contributed by atoms with Gasteiger partial charge in [-0.05, 0) is 38.3 Å². The lowest BCUT2D eigenvalue weighted by Crippen LogP contribution is -2.41. The summed E-state index contributed by atoms with van der Waals surface area (Å²) in [5.74, 6) is 2.90. The highest BCUT2D eigenvalue weighted by molar-refractivity contribution is 5.94. The van der Waals surface area contributed by atoms with Gasteiger partial charge in [0.2, 0.25) is 5.91 Å². The summed E-state index contributed by atoms with van der Waals surface area (Å²) >= 11 is 0. The highest BCUT2D eigenvalue weighted by Crippen LogP contribution is 2.32. The van der Waals surface area contributed by atoms with Gasteiger partial charge < -0.3 is 14.4 Å². The van der Waals surface area contributed by atoms with Gasteiger partial charge in [-0.1, -0.05) is 12.1 Å². The zero-order valence-corrected chi connectivity index (χ0v) is 18.3. The minimum Gasteiger partial charge on any atom is -0.493 e. The molecule has 1 aromatic heterocycles. The third-order valence-electron chi connectivity index (χ3n) is 6.12. The van der Waals surface area contributed by atoms with E-state index in [2.05, 4.69) is 0 Å². The minimum atomic E-state index is -0.0442. The molecule has 0 spiro atoms. The van der Waals surface area contributed by atoms with Crippen molar-refractivity contribution in [1.82, 2.24) is 14.9 Å². The Morgan fingerprint density at radius 3 is 2.55 bits per heavy atom. The van der Waals surface area contributed by atoms with Gasteiger partial charge in [0.25, 0.3) is 5.91 Å². The average Bonchev–Trinajstić information content (AvgIpc) is 2.80. The molecule has 1 saturated heterocycles. The topological polar surface area (TPSA) is 84.9 Å². The molecule has 0 aliphatic carbocycles. The molecule has 4 rings (SSSR count). The van der Waals surface area contributed by atoms with Gasteiger partial charge >= 0.3 is 0 Å². The van der Waals surface area contributed by atoms with Crippen molar-refractivity contribution < 1.29 is 19.1 Å². The summed E-state index contributed by atoms with van der Waals surface area (Å²) in [5.41, 5.74) is 2.01. The first-order valence-electron chi connectivity index (χ1n) is 10.7. The van der Waals surface area contributed by atoms with E-state index < -0.39 is 0 Å². The normalized spacial score (nSPS) is 16.8. The Bertz CT molecular complexity index is 986. The van der Waals surface area contributed by atoms with Crippen LogP contribution in [-0.2, 0) is 16.0 Å². The third kappa shape index (κ3) is 4.33. The fourth-order valence-electron chi connectivity index (χ4n) is 4.23. The van der Waals surface area contributed by atoms with E-state index in [4.69, 9.17) is 19.4 Å². The number of carbonyl (C=O) groups is 2. The number of fused-ring (bicyclic) bond motifs is 1. The fraction of sp³-hybridized carbons (Fsp3) is 0.478. The van der Waals surface area contributed by atoms with Crippen molar-refractivity contribution in [2.75, 3.05) is 38.8 Å². The highest BCUT2D eigenvalue weighted by Gasteiger charge is 2.30. The summed E-state index contributed by atoms with van der Waals surface area (Å²) in [6.45, 7) is 3.23. The van der Waals surface area contributed by atoms with Crippen molar-refractivity contribution in [1.29, 1.82) is 0 Å². The number of hydrogen-bond acceptors (Lipinski definition) is 6. The van der Waals surface area contributed by atoms with E-state index in [1.807, 2.05) is 24.0 Å². The zero-order chi connectivity index (χ0) is 22.0.